The summed E-state index contributed by atoms with van der Waals surface area (Å²) in [5, 5.41) is 3.63. The molecule has 1 heterocycles. The SMILES string of the molecule is CN(C)C(=O)c1ccc(OCC(F)CCC2CCNCC2)cc1Cl. The summed E-state index contributed by atoms with van der Waals surface area (Å²) in [6, 6.07) is 4.84. The van der Waals surface area contributed by atoms with Crippen LogP contribution in [0.1, 0.15) is 36.0 Å². The van der Waals surface area contributed by atoms with Crippen LogP contribution in [-0.2, 0) is 0 Å². The van der Waals surface area contributed by atoms with E-state index in [9.17, 15) is 9.18 Å². The Morgan fingerprint density at radius 3 is 2.75 bits per heavy atom. The minimum absolute atomic E-state index is 0.0161. The molecule has 0 aliphatic carbocycles. The number of hydrogen-bond acceptors (Lipinski definition) is 3. The molecule has 24 heavy (non-hydrogen) atoms. The van der Waals surface area contributed by atoms with Crippen molar-refractivity contribution in [2.24, 2.45) is 5.92 Å². The Morgan fingerprint density at radius 1 is 1.42 bits per heavy atom. The van der Waals surface area contributed by atoms with Gasteiger partial charge in [0, 0.05) is 14.1 Å². The smallest absolute Gasteiger partial charge is 0.254 e. The number of nitrogens with zero attached hydrogens (tertiary/aromatic N) is 1. The Kier molecular flexibility index (Phi) is 7.31. The van der Waals surface area contributed by atoms with E-state index in [2.05, 4.69) is 5.32 Å². The molecule has 2 rings (SSSR count). The summed E-state index contributed by atoms with van der Waals surface area (Å²) in [4.78, 5) is 13.4. The zero-order valence-corrected chi connectivity index (χ0v) is 15.1. The molecule has 0 bridgehead atoms. The third-order valence-electron chi connectivity index (χ3n) is 4.35. The number of amides is 1. The molecule has 1 saturated heterocycles. The number of benzene rings is 1. The summed E-state index contributed by atoms with van der Waals surface area (Å²) in [5.41, 5.74) is 0.414. The maximum absolute atomic E-state index is 14.0. The lowest BCUT2D eigenvalue weighted by Crippen LogP contribution is -2.28. The molecule has 0 aromatic heterocycles. The van der Waals surface area contributed by atoms with Gasteiger partial charge in [0.15, 0.2) is 0 Å². The number of alkyl halides is 1. The quantitative estimate of drug-likeness (QED) is 0.812. The van der Waals surface area contributed by atoms with Gasteiger partial charge in [0.2, 0.25) is 0 Å². The van der Waals surface area contributed by atoms with E-state index in [4.69, 9.17) is 16.3 Å². The van der Waals surface area contributed by atoms with E-state index in [1.807, 2.05) is 0 Å². The highest BCUT2D eigenvalue weighted by atomic mass is 35.5. The van der Waals surface area contributed by atoms with Gasteiger partial charge in [-0.05, 0) is 62.9 Å². The molecule has 1 aromatic rings. The molecule has 1 amide bonds. The van der Waals surface area contributed by atoms with Crippen molar-refractivity contribution in [2.45, 2.75) is 31.9 Å². The molecule has 0 radical (unpaired) electrons. The molecular weight excluding hydrogens is 331 g/mol. The Morgan fingerprint density at radius 2 is 2.12 bits per heavy atom. The summed E-state index contributed by atoms with van der Waals surface area (Å²) in [7, 11) is 3.33. The average Bonchev–Trinajstić information content (AvgIpc) is 2.58. The molecule has 0 spiro atoms. The average molecular weight is 357 g/mol. The van der Waals surface area contributed by atoms with Gasteiger partial charge in [0.25, 0.3) is 5.91 Å². The van der Waals surface area contributed by atoms with Crippen LogP contribution in [0.2, 0.25) is 5.02 Å². The van der Waals surface area contributed by atoms with Crippen molar-refractivity contribution in [1.82, 2.24) is 10.2 Å². The number of halogens is 2. The lowest BCUT2D eigenvalue weighted by molar-refractivity contribution is 0.0827. The van der Waals surface area contributed by atoms with Gasteiger partial charge in [-0.25, -0.2) is 4.39 Å². The molecule has 1 fully saturated rings. The van der Waals surface area contributed by atoms with Crippen molar-refractivity contribution in [3.8, 4) is 5.75 Å². The summed E-state index contributed by atoms with van der Waals surface area (Å²) >= 11 is 6.12. The lowest BCUT2D eigenvalue weighted by atomic mass is 9.92. The number of rotatable bonds is 7. The Bertz CT molecular complexity index is 548. The van der Waals surface area contributed by atoms with Crippen LogP contribution < -0.4 is 10.1 Å². The van der Waals surface area contributed by atoms with E-state index in [1.54, 1.807) is 32.3 Å². The van der Waals surface area contributed by atoms with Gasteiger partial charge in [-0.2, -0.15) is 0 Å². The molecule has 1 aromatic carbocycles. The fraction of sp³-hybridized carbons (Fsp3) is 0.611. The van der Waals surface area contributed by atoms with E-state index in [0.717, 1.165) is 32.4 Å². The molecule has 1 unspecified atom stereocenters. The third-order valence-corrected chi connectivity index (χ3v) is 4.67. The molecular formula is C18H26ClFN2O2. The molecule has 4 nitrogen and oxygen atoms in total. The van der Waals surface area contributed by atoms with Crippen molar-refractivity contribution < 1.29 is 13.9 Å². The fourth-order valence-electron chi connectivity index (χ4n) is 2.86. The normalized spacial score (nSPS) is 16.7. The van der Waals surface area contributed by atoms with E-state index in [0.29, 0.717) is 28.7 Å². The number of ether oxygens (including phenoxy) is 1. The molecule has 0 saturated carbocycles. The van der Waals surface area contributed by atoms with Crippen LogP contribution in [0.4, 0.5) is 4.39 Å². The Balaban J connectivity index is 1.78. The van der Waals surface area contributed by atoms with Gasteiger partial charge in [0.1, 0.15) is 18.5 Å². The standard InChI is InChI=1S/C18H26ClFN2O2/c1-22(2)18(23)16-6-5-15(11-17(16)19)24-12-14(20)4-3-13-7-9-21-10-8-13/h5-6,11,13-14,21H,3-4,7-10,12H2,1-2H3. The van der Waals surface area contributed by atoms with Crippen LogP contribution in [0.5, 0.6) is 5.75 Å². The van der Waals surface area contributed by atoms with Gasteiger partial charge in [-0.3, -0.25) is 4.79 Å². The minimum atomic E-state index is -0.984. The van der Waals surface area contributed by atoms with Crippen molar-refractivity contribution >= 4 is 17.5 Å². The largest absolute Gasteiger partial charge is 0.491 e. The number of piperidine rings is 1. The third kappa shape index (κ3) is 5.64. The number of nitrogens with one attached hydrogen (secondary N) is 1. The summed E-state index contributed by atoms with van der Waals surface area (Å²) in [6.45, 7) is 2.09. The van der Waals surface area contributed by atoms with Crippen molar-refractivity contribution in [2.75, 3.05) is 33.8 Å². The predicted octanol–water partition coefficient (Wildman–Crippen LogP) is 3.54. The van der Waals surface area contributed by atoms with E-state index in [-0.39, 0.29) is 12.5 Å². The van der Waals surface area contributed by atoms with Crippen LogP contribution in [0.15, 0.2) is 18.2 Å². The molecule has 1 aliphatic heterocycles. The first kappa shape index (κ1) is 19.0. The highest BCUT2D eigenvalue weighted by Crippen LogP contribution is 2.24. The van der Waals surface area contributed by atoms with E-state index < -0.39 is 6.17 Å². The van der Waals surface area contributed by atoms with Crippen LogP contribution >= 0.6 is 11.6 Å². The molecule has 1 aliphatic rings. The number of carbonyl (C=O) groups excluding carboxylic acids is 1. The van der Waals surface area contributed by atoms with Crippen LogP contribution in [0, 0.1) is 5.92 Å². The van der Waals surface area contributed by atoms with Crippen LogP contribution in [0.25, 0.3) is 0 Å². The minimum Gasteiger partial charge on any atom is -0.491 e. The zero-order chi connectivity index (χ0) is 17.5. The molecule has 134 valence electrons. The molecule has 1 atom stereocenters. The van der Waals surface area contributed by atoms with Gasteiger partial charge >= 0.3 is 0 Å². The topological polar surface area (TPSA) is 41.6 Å². The fourth-order valence-corrected chi connectivity index (χ4v) is 3.11. The Hall–Kier alpha value is -1.33. The second-order valence-corrected chi connectivity index (χ2v) is 6.93. The number of hydrogen-bond donors (Lipinski definition) is 1. The van der Waals surface area contributed by atoms with E-state index in [1.165, 1.54) is 4.90 Å². The predicted molar refractivity (Wildman–Crippen MR) is 94.7 cm³/mol. The van der Waals surface area contributed by atoms with Gasteiger partial charge in [-0.1, -0.05) is 11.6 Å². The first-order valence-electron chi connectivity index (χ1n) is 8.46. The lowest BCUT2D eigenvalue weighted by Gasteiger charge is -2.23. The van der Waals surface area contributed by atoms with Crippen molar-refractivity contribution in [1.29, 1.82) is 0 Å². The highest BCUT2D eigenvalue weighted by molar-refractivity contribution is 6.34. The molecule has 1 N–H and O–H groups in total. The first-order valence-corrected chi connectivity index (χ1v) is 8.84. The number of carbonyl (C=O) groups is 1. The monoisotopic (exact) mass is 356 g/mol. The summed E-state index contributed by atoms with van der Waals surface area (Å²) in [5.74, 6) is 0.937. The van der Waals surface area contributed by atoms with Gasteiger partial charge in [-0.15, -0.1) is 0 Å². The highest BCUT2D eigenvalue weighted by Gasteiger charge is 2.17. The Labute approximate surface area is 148 Å². The maximum atomic E-state index is 14.0. The van der Waals surface area contributed by atoms with Crippen LogP contribution in [0.3, 0.4) is 0 Å². The van der Waals surface area contributed by atoms with Crippen molar-refractivity contribution in [3.05, 3.63) is 28.8 Å². The van der Waals surface area contributed by atoms with Gasteiger partial charge in [0.05, 0.1) is 10.6 Å². The van der Waals surface area contributed by atoms with E-state index >= 15 is 0 Å². The first-order chi connectivity index (χ1) is 11.5. The summed E-state index contributed by atoms with van der Waals surface area (Å²) in [6.07, 6.45) is 2.70. The maximum Gasteiger partial charge on any atom is 0.254 e. The second kappa shape index (κ2) is 9.23. The molecule has 6 heteroatoms. The van der Waals surface area contributed by atoms with Gasteiger partial charge < -0.3 is 15.0 Å². The summed E-state index contributed by atoms with van der Waals surface area (Å²) < 4.78 is 19.5. The van der Waals surface area contributed by atoms with Crippen molar-refractivity contribution in [3.63, 3.8) is 0 Å². The van der Waals surface area contributed by atoms with Crippen LogP contribution in [-0.4, -0.2) is 50.8 Å². The zero-order valence-electron chi connectivity index (χ0n) is 14.4. The second-order valence-electron chi connectivity index (χ2n) is 6.52.